The zero-order chi connectivity index (χ0) is 16.8. The highest BCUT2D eigenvalue weighted by Crippen LogP contribution is 2.30. The van der Waals surface area contributed by atoms with Crippen molar-refractivity contribution in [1.29, 1.82) is 0 Å². The summed E-state index contributed by atoms with van der Waals surface area (Å²) >= 11 is 1.80. The summed E-state index contributed by atoms with van der Waals surface area (Å²) in [4.78, 5) is 9.21. The number of ether oxygens (including phenoxy) is 1. The van der Waals surface area contributed by atoms with E-state index in [0.717, 1.165) is 43.7 Å². The minimum absolute atomic E-state index is 0.204. The molecule has 0 spiro atoms. The highest BCUT2D eigenvalue weighted by Gasteiger charge is 2.24. The van der Waals surface area contributed by atoms with Gasteiger partial charge in [0, 0.05) is 27.6 Å². The van der Waals surface area contributed by atoms with Crippen molar-refractivity contribution in [1.82, 2.24) is 9.88 Å². The van der Waals surface area contributed by atoms with E-state index < -0.39 is 0 Å². The third kappa shape index (κ3) is 4.54. The van der Waals surface area contributed by atoms with Crippen LogP contribution >= 0.6 is 11.3 Å². The summed E-state index contributed by atoms with van der Waals surface area (Å²) in [6.45, 7) is 1.69. The lowest BCUT2D eigenvalue weighted by Gasteiger charge is -2.37. The van der Waals surface area contributed by atoms with Gasteiger partial charge in [-0.05, 0) is 57.5 Å². The lowest BCUT2D eigenvalue weighted by molar-refractivity contribution is 0.0768. The number of hydrogen-bond donors (Lipinski definition) is 0. The van der Waals surface area contributed by atoms with E-state index in [2.05, 4.69) is 35.1 Å². The molecule has 0 bridgehead atoms. The van der Waals surface area contributed by atoms with E-state index in [-0.39, 0.29) is 6.67 Å². The number of unbranched alkanes of at least 4 members (excludes halogenated alkanes) is 2. The molecule has 2 aromatic rings. The molecule has 5 heteroatoms. The van der Waals surface area contributed by atoms with Gasteiger partial charge in [-0.1, -0.05) is 6.42 Å². The molecule has 1 atom stereocenters. The van der Waals surface area contributed by atoms with E-state index in [1.165, 1.54) is 16.2 Å². The molecule has 0 radical (unpaired) electrons. The Kier molecular flexibility index (Phi) is 6.21. The Bertz CT molecular complexity index is 646. The predicted octanol–water partition coefficient (Wildman–Crippen LogP) is 4.58. The lowest BCUT2D eigenvalue weighted by Crippen LogP contribution is -2.48. The average Bonchev–Trinajstić information content (AvgIpc) is 3.07. The fourth-order valence-corrected chi connectivity index (χ4v) is 3.87. The molecule has 0 N–H and O–H groups in total. The van der Waals surface area contributed by atoms with Crippen LogP contribution in [-0.4, -0.2) is 42.8 Å². The molecule has 1 saturated heterocycles. The van der Waals surface area contributed by atoms with E-state index in [1.54, 1.807) is 17.5 Å². The summed E-state index contributed by atoms with van der Waals surface area (Å²) < 4.78 is 18.0. The molecule has 0 aromatic carbocycles. The molecule has 3 rings (SSSR count). The van der Waals surface area contributed by atoms with E-state index >= 15 is 0 Å². The van der Waals surface area contributed by atoms with Crippen LogP contribution in [0.25, 0.3) is 10.4 Å². The van der Waals surface area contributed by atoms with Gasteiger partial charge in [0.1, 0.15) is 12.4 Å². The van der Waals surface area contributed by atoms with Crippen molar-refractivity contribution in [3.8, 4) is 16.2 Å². The molecule has 0 aliphatic carbocycles. The maximum Gasteiger partial charge on any atom is 0.138 e. The number of thiophene rings is 1. The van der Waals surface area contributed by atoms with Gasteiger partial charge in [-0.15, -0.1) is 11.3 Å². The number of likely N-dealkylation sites (tertiary alicyclic amines) is 1. The van der Waals surface area contributed by atoms with Crippen molar-refractivity contribution in [2.24, 2.45) is 0 Å². The fraction of sp³-hybridized carbons (Fsp3) is 0.526. The summed E-state index contributed by atoms with van der Waals surface area (Å²) in [7, 11) is 2.13. The van der Waals surface area contributed by atoms with Crippen LogP contribution in [0, 0.1) is 0 Å². The number of alkyl halides is 1. The molecule has 3 heterocycles. The fourth-order valence-electron chi connectivity index (χ4n) is 2.84. The van der Waals surface area contributed by atoms with Crippen molar-refractivity contribution in [2.45, 2.75) is 38.1 Å². The number of likely N-dealkylation sites (N-methyl/N-ethyl adjacent to an activating group) is 1. The van der Waals surface area contributed by atoms with Crippen LogP contribution in [0.15, 0.2) is 30.6 Å². The van der Waals surface area contributed by atoms with Gasteiger partial charge in [-0.3, -0.25) is 14.3 Å². The van der Waals surface area contributed by atoms with Crippen molar-refractivity contribution in [3.05, 3.63) is 35.5 Å². The number of hydrogen-bond acceptors (Lipinski definition) is 4. The quantitative estimate of drug-likeness (QED) is 0.621. The minimum atomic E-state index is -0.204. The Balaban J connectivity index is 1.56. The van der Waals surface area contributed by atoms with Gasteiger partial charge in [0.2, 0.25) is 0 Å². The maximum atomic E-state index is 12.1. The van der Waals surface area contributed by atoms with Gasteiger partial charge in [0.05, 0.1) is 12.9 Å². The number of rotatable bonds is 9. The lowest BCUT2D eigenvalue weighted by atomic mass is 10.1. The molecular weight excluding hydrogens is 323 g/mol. The zero-order valence-corrected chi connectivity index (χ0v) is 15.0. The third-order valence-corrected chi connectivity index (χ3v) is 5.79. The molecule has 0 saturated carbocycles. The van der Waals surface area contributed by atoms with Gasteiger partial charge in [-0.2, -0.15) is 0 Å². The molecule has 0 amide bonds. The van der Waals surface area contributed by atoms with Crippen LogP contribution in [-0.2, 0) is 6.42 Å². The molecule has 24 heavy (non-hydrogen) atoms. The first-order valence-corrected chi connectivity index (χ1v) is 9.51. The number of nitrogens with zero attached hydrogens (tertiary/aromatic N) is 2. The Morgan fingerprint density at radius 2 is 2.21 bits per heavy atom. The Hall–Kier alpha value is -1.46. The van der Waals surface area contributed by atoms with Gasteiger partial charge < -0.3 is 4.74 Å². The molecule has 0 unspecified atom stereocenters. The van der Waals surface area contributed by atoms with Gasteiger partial charge in [-0.25, -0.2) is 0 Å². The summed E-state index contributed by atoms with van der Waals surface area (Å²) in [5.74, 6) is 0.839. The summed E-state index contributed by atoms with van der Waals surface area (Å²) in [5.41, 5.74) is 1.11. The van der Waals surface area contributed by atoms with Gasteiger partial charge in [0.25, 0.3) is 0 Å². The van der Waals surface area contributed by atoms with Crippen molar-refractivity contribution in [2.75, 3.05) is 26.9 Å². The molecular formula is C19H25FN2OS. The zero-order valence-electron chi connectivity index (χ0n) is 14.2. The van der Waals surface area contributed by atoms with E-state index in [9.17, 15) is 4.39 Å². The number of halogens is 1. The third-order valence-electron chi connectivity index (χ3n) is 4.60. The Labute approximate surface area is 147 Å². The molecule has 1 fully saturated rings. The minimum Gasteiger partial charge on any atom is -0.490 e. The van der Waals surface area contributed by atoms with E-state index in [0.29, 0.717) is 12.5 Å². The topological polar surface area (TPSA) is 25.4 Å². The van der Waals surface area contributed by atoms with Crippen LogP contribution in [0.4, 0.5) is 4.39 Å². The van der Waals surface area contributed by atoms with E-state index in [4.69, 9.17) is 4.74 Å². The molecule has 3 nitrogen and oxygen atoms in total. The van der Waals surface area contributed by atoms with Crippen molar-refractivity contribution >= 4 is 11.3 Å². The highest BCUT2D eigenvalue weighted by atomic mass is 32.1. The summed E-state index contributed by atoms with van der Waals surface area (Å²) in [5, 5.41) is 0. The highest BCUT2D eigenvalue weighted by molar-refractivity contribution is 7.15. The maximum absolute atomic E-state index is 12.1. The molecule has 130 valence electrons. The van der Waals surface area contributed by atoms with Crippen LogP contribution in [0.5, 0.6) is 5.75 Å². The molecule has 1 aliphatic heterocycles. The standard InChI is InChI=1S/C19H25FN2OS/c1-22-10-8-16(22)14-23-17-11-15(12-21-13-17)19-7-6-18(24-19)5-3-2-4-9-20/h6-7,11-13,16H,2-5,8-10,14H2,1H3/t16-/m0/s1. The second kappa shape index (κ2) is 8.58. The predicted molar refractivity (Wildman–Crippen MR) is 97.6 cm³/mol. The molecule has 2 aromatic heterocycles. The summed E-state index contributed by atoms with van der Waals surface area (Å²) in [6.07, 6.45) is 8.61. The Morgan fingerprint density at radius 1 is 1.29 bits per heavy atom. The first kappa shape index (κ1) is 17.4. The smallest absolute Gasteiger partial charge is 0.138 e. The summed E-state index contributed by atoms with van der Waals surface area (Å²) in [6, 6.07) is 6.93. The number of pyridine rings is 1. The molecule has 1 aliphatic rings. The monoisotopic (exact) mass is 348 g/mol. The van der Waals surface area contributed by atoms with Crippen molar-refractivity contribution in [3.63, 3.8) is 0 Å². The normalized spacial score (nSPS) is 17.7. The van der Waals surface area contributed by atoms with Crippen LogP contribution in [0.3, 0.4) is 0 Å². The first-order valence-electron chi connectivity index (χ1n) is 8.69. The average molecular weight is 348 g/mol. The second-order valence-corrected chi connectivity index (χ2v) is 7.58. The van der Waals surface area contributed by atoms with Crippen LogP contribution < -0.4 is 4.74 Å². The Morgan fingerprint density at radius 3 is 2.96 bits per heavy atom. The second-order valence-electron chi connectivity index (χ2n) is 6.41. The SMILES string of the molecule is CN1CC[C@H]1COc1cncc(-c2ccc(CCCCCF)s2)c1. The van der Waals surface area contributed by atoms with Crippen LogP contribution in [0.1, 0.15) is 30.6 Å². The number of aromatic nitrogens is 1. The van der Waals surface area contributed by atoms with Crippen molar-refractivity contribution < 1.29 is 9.13 Å². The van der Waals surface area contributed by atoms with Gasteiger partial charge in [0.15, 0.2) is 0 Å². The van der Waals surface area contributed by atoms with Crippen LogP contribution in [0.2, 0.25) is 0 Å². The largest absolute Gasteiger partial charge is 0.490 e. The first-order chi connectivity index (χ1) is 11.8. The number of aryl methyl sites for hydroxylation is 1. The van der Waals surface area contributed by atoms with E-state index in [1.807, 2.05) is 6.20 Å². The van der Waals surface area contributed by atoms with Gasteiger partial charge >= 0.3 is 0 Å².